The molecule has 0 saturated heterocycles. The van der Waals surface area contributed by atoms with E-state index in [1.165, 1.54) is 12.4 Å². The molecule has 0 bridgehead atoms. The molecule has 2 heterocycles. The van der Waals surface area contributed by atoms with Gasteiger partial charge in [-0.3, -0.25) is 5.41 Å². The zero-order valence-corrected chi connectivity index (χ0v) is 8.88. The Morgan fingerprint density at radius 2 is 2.06 bits per heavy atom. The number of nitrogens with one attached hydrogen (secondary N) is 1. The first-order valence-corrected chi connectivity index (χ1v) is 4.74. The van der Waals surface area contributed by atoms with Crippen molar-refractivity contribution in [2.24, 2.45) is 0 Å². The summed E-state index contributed by atoms with van der Waals surface area (Å²) in [5.41, 5.74) is 0.136. The normalized spacial score (nSPS) is 10.9. The smallest absolute Gasteiger partial charge is 0.261 e. The van der Waals surface area contributed by atoms with Gasteiger partial charge in [-0.2, -0.15) is 4.98 Å². The van der Waals surface area contributed by atoms with E-state index in [-0.39, 0.29) is 23.2 Å². The van der Waals surface area contributed by atoms with Crippen LogP contribution in [0, 0.1) is 5.41 Å². The van der Waals surface area contributed by atoms with Crippen LogP contribution in [0.15, 0.2) is 12.4 Å². The molecule has 2 rings (SSSR count). The lowest BCUT2D eigenvalue weighted by Crippen LogP contribution is -2.24. The number of aromatic nitrogens is 4. The van der Waals surface area contributed by atoms with Gasteiger partial charge in [-0.25, -0.2) is 9.97 Å². The van der Waals surface area contributed by atoms with E-state index in [9.17, 15) is 5.21 Å². The molecule has 7 nitrogen and oxygen atoms in total. The summed E-state index contributed by atoms with van der Waals surface area (Å²) in [6.07, 6.45) is 2.81. The maximum atomic E-state index is 9.53. The molecule has 0 aromatic carbocycles. The van der Waals surface area contributed by atoms with Gasteiger partial charge in [0.25, 0.3) is 5.62 Å². The molecule has 2 N–H and O–H groups in total. The van der Waals surface area contributed by atoms with Crippen molar-refractivity contribution in [3.8, 4) is 5.88 Å². The lowest BCUT2D eigenvalue weighted by atomic mass is 10.4. The number of nitrogens with zero attached hydrogens (tertiary/aromatic N) is 4. The molecule has 0 aliphatic heterocycles. The molecule has 0 spiro atoms. The molecule has 0 amide bonds. The first kappa shape index (κ1) is 10.3. The predicted octanol–water partition coefficient (Wildman–Crippen LogP) is 0.330. The highest BCUT2D eigenvalue weighted by Crippen LogP contribution is 2.16. The molecule has 0 radical (unpaired) electrons. The Balaban J connectivity index is 2.74. The van der Waals surface area contributed by atoms with Gasteiger partial charge in [-0.05, 0) is 13.8 Å². The van der Waals surface area contributed by atoms with E-state index in [4.69, 9.17) is 10.1 Å². The molecular formula is C9H11N5O2. The Kier molecular flexibility index (Phi) is 2.43. The Morgan fingerprint density at radius 1 is 1.38 bits per heavy atom. The van der Waals surface area contributed by atoms with Gasteiger partial charge < -0.3 is 9.94 Å². The Hall–Kier alpha value is -2.18. The maximum absolute atomic E-state index is 9.53. The number of hydrogen-bond donors (Lipinski definition) is 2. The van der Waals surface area contributed by atoms with Crippen molar-refractivity contribution in [2.75, 3.05) is 0 Å². The fourth-order valence-electron chi connectivity index (χ4n) is 1.24. The number of fused-ring (bicyclic) bond motifs is 1. The van der Waals surface area contributed by atoms with Crippen LogP contribution in [0.4, 0.5) is 0 Å². The second kappa shape index (κ2) is 3.76. The molecule has 0 fully saturated rings. The highest BCUT2D eigenvalue weighted by Gasteiger charge is 2.12. The van der Waals surface area contributed by atoms with E-state index in [2.05, 4.69) is 15.0 Å². The second-order valence-electron chi connectivity index (χ2n) is 3.45. The number of hydrogen-bond acceptors (Lipinski definition) is 6. The van der Waals surface area contributed by atoms with Gasteiger partial charge in [0.2, 0.25) is 11.5 Å². The molecule has 0 aliphatic rings. The fraction of sp³-hybridized carbons (Fsp3) is 0.333. The summed E-state index contributed by atoms with van der Waals surface area (Å²) in [6, 6.07) is 0. The van der Waals surface area contributed by atoms with Crippen LogP contribution in [0.2, 0.25) is 0 Å². The summed E-state index contributed by atoms with van der Waals surface area (Å²) in [5, 5.41) is 17.0. The number of rotatable bonds is 2. The second-order valence-corrected chi connectivity index (χ2v) is 3.45. The lowest BCUT2D eigenvalue weighted by molar-refractivity contribution is 0.170. The van der Waals surface area contributed by atoms with Crippen molar-refractivity contribution in [3.05, 3.63) is 18.0 Å². The van der Waals surface area contributed by atoms with E-state index in [0.29, 0.717) is 10.2 Å². The van der Waals surface area contributed by atoms with Gasteiger partial charge in [0.1, 0.15) is 0 Å². The highest BCUT2D eigenvalue weighted by molar-refractivity contribution is 5.74. The van der Waals surface area contributed by atoms with Gasteiger partial charge in [-0.1, -0.05) is 0 Å². The third-order valence-electron chi connectivity index (χ3n) is 1.84. The van der Waals surface area contributed by atoms with Crippen LogP contribution in [0.3, 0.4) is 0 Å². The third kappa shape index (κ3) is 1.67. The third-order valence-corrected chi connectivity index (χ3v) is 1.84. The minimum Gasteiger partial charge on any atom is -0.473 e. The zero-order chi connectivity index (χ0) is 11.7. The van der Waals surface area contributed by atoms with Crippen LogP contribution in [0.1, 0.15) is 13.8 Å². The first-order valence-electron chi connectivity index (χ1n) is 4.74. The van der Waals surface area contributed by atoms with Gasteiger partial charge in [-0.15, -0.1) is 4.73 Å². The maximum Gasteiger partial charge on any atom is 0.261 e. The van der Waals surface area contributed by atoms with E-state index in [0.717, 1.165) is 0 Å². The zero-order valence-electron chi connectivity index (χ0n) is 8.88. The van der Waals surface area contributed by atoms with Crippen molar-refractivity contribution in [3.63, 3.8) is 0 Å². The average molecular weight is 221 g/mol. The standard InChI is InChI=1S/C9H11N5O2/c1-5(2)16-8-6-7(12-4-3-11-6)14(15)9(10)13-8/h3-5,10,15H,1-2H3. The summed E-state index contributed by atoms with van der Waals surface area (Å²) in [7, 11) is 0. The lowest BCUT2D eigenvalue weighted by Gasteiger charge is -2.10. The number of ether oxygens (including phenoxy) is 1. The van der Waals surface area contributed by atoms with Crippen molar-refractivity contribution in [1.82, 2.24) is 19.7 Å². The van der Waals surface area contributed by atoms with Crippen molar-refractivity contribution in [1.29, 1.82) is 5.41 Å². The minimum absolute atomic E-state index is 0.0911. The summed E-state index contributed by atoms with van der Waals surface area (Å²) >= 11 is 0. The molecule has 7 heteroatoms. The molecule has 84 valence electrons. The van der Waals surface area contributed by atoms with Crippen LogP contribution < -0.4 is 10.4 Å². The Labute approximate surface area is 90.8 Å². The predicted molar refractivity (Wildman–Crippen MR) is 54.1 cm³/mol. The molecule has 2 aromatic heterocycles. The van der Waals surface area contributed by atoms with Crippen LogP contribution in [-0.4, -0.2) is 31.0 Å². The van der Waals surface area contributed by atoms with Crippen molar-refractivity contribution >= 4 is 11.2 Å². The SMILES string of the molecule is CC(C)Oc1nc(=N)n(O)c2nccnc12. The summed E-state index contributed by atoms with van der Waals surface area (Å²) in [4.78, 5) is 11.7. The topological polar surface area (TPSA) is 96.9 Å². The fourth-order valence-corrected chi connectivity index (χ4v) is 1.24. The molecule has 2 aromatic rings. The molecule has 0 atom stereocenters. The minimum atomic E-state index is -0.344. The first-order chi connectivity index (χ1) is 7.59. The largest absolute Gasteiger partial charge is 0.473 e. The summed E-state index contributed by atoms with van der Waals surface area (Å²) in [6.45, 7) is 3.68. The van der Waals surface area contributed by atoms with Crippen LogP contribution in [0.25, 0.3) is 11.2 Å². The molecule has 0 saturated carbocycles. The Bertz CT molecular complexity index is 578. The van der Waals surface area contributed by atoms with E-state index in [1.54, 1.807) is 0 Å². The molecule has 16 heavy (non-hydrogen) atoms. The molecule has 0 unspecified atom stereocenters. The Morgan fingerprint density at radius 3 is 2.75 bits per heavy atom. The van der Waals surface area contributed by atoms with Crippen LogP contribution in [-0.2, 0) is 0 Å². The van der Waals surface area contributed by atoms with E-state index >= 15 is 0 Å². The monoisotopic (exact) mass is 221 g/mol. The summed E-state index contributed by atoms with van der Waals surface area (Å²) in [5.74, 6) is 0.202. The van der Waals surface area contributed by atoms with Gasteiger partial charge in [0.15, 0.2) is 5.52 Å². The van der Waals surface area contributed by atoms with Crippen molar-refractivity contribution in [2.45, 2.75) is 20.0 Å². The highest BCUT2D eigenvalue weighted by atomic mass is 16.5. The van der Waals surface area contributed by atoms with Crippen LogP contribution in [0.5, 0.6) is 5.88 Å². The van der Waals surface area contributed by atoms with Crippen LogP contribution >= 0.6 is 0 Å². The molecular weight excluding hydrogens is 210 g/mol. The van der Waals surface area contributed by atoms with Gasteiger partial charge >= 0.3 is 0 Å². The van der Waals surface area contributed by atoms with Gasteiger partial charge in [0, 0.05) is 12.4 Å². The molecule has 0 aliphatic carbocycles. The van der Waals surface area contributed by atoms with E-state index < -0.39 is 0 Å². The van der Waals surface area contributed by atoms with Crippen molar-refractivity contribution < 1.29 is 9.94 Å². The summed E-state index contributed by atoms with van der Waals surface area (Å²) < 4.78 is 5.97. The average Bonchev–Trinajstić information content (AvgIpc) is 2.25. The van der Waals surface area contributed by atoms with E-state index in [1.807, 2.05) is 13.8 Å². The quantitative estimate of drug-likeness (QED) is 0.712. The van der Waals surface area contributed by atoms with Gasteiger partial charge in [0.05, 0.1) is 6.10 Å².